The number of nitrogens with one attached hydrogen (secondary N) is 3. The highest BCUT2D eigenvalue weighted by Gasteiger charge is 2.32. The molecule has 0 saturated heterocycles. The molecule has 3 aromatic rings. The average molecular weight is 456 g/mol. The zero-order chi connectivity index (χ0) is 23.8. The highest BCUT2D eigenvalue weighted by atomic mass is 16.3. The zero-order valence-electron chi connectivity index (χ0n) is 19.2. The van der Waals surface area contributed by atoms with Gasteiger partial charge in [0.2, 0.25) is 0 Å². The van der Waals surface area contributed by atoms with E-state index in [0.29, 0.717) is 61.8 Å². The number of rotatable bonds is 11. The molecule has 1 heterocycles. The van der Waals surface area contributed by atoms with Crippen molar-refractivity contribution in [2.24, 2.45) is 0 Å². The fourth-order valence-corrected chi connectivity index (χ4v) is 3.99. The van der Waals surface area contributed by atoms with Crippen LogP contribution in [0.5, 0.6) is 5.75 Å². The second kappa shape index (κ2) is 11.8. The highest BCUT2D eigenvalue weighted by Crippen LogP contribution is 2.44. The van der Waals surface area contributed by atoms with Crippen molar-refractivity contribution < 1.29 is 20.1 Å². The minimum Gasteiger partial charge on any atom is -0.507 e. The molecule has 0 bridgehead atoms. The van der Waals surface area contributed by atoms with E-state index < -0.39 is 0 Å². The third kappa shape index (κ3) is 5.01. The summed E-state index contributed by atoms with van der Waals surface area (Å²) in [7, 11) is 0. The largest absolute Gasteiger partial charge is 0.507 e. The van der Waals surface area contributed by atoms with Gasteiger partial charge in [-0.3, -0.25) is 9.48 Å². The number of carbonyl (C=O) groups is 1. The van der Waals surface area contributed by atoms with Crippen molar-refractivity contribution in [2.75, 3.05) is 51.3 Å². The van der Waals surface area contributed by atoms with Crippen LogP contribution < -0.4 is 16.0 Å². The molecule has 1 aromatic heterocycles. The molecular formula is C24H33N5O4. The van der Waals surface area contributed by atoms with E-state index in [9.17, 15) is 9.90 Å². The summed E-state index contributed by atoms with van der Waals surface area (Å²) in [6.07, 6.45) is 0. The number of phenolic OH excluding ortho intramolecular Hbond substituents is 1. The van der Waals surface area contributed by atoms with Gasteiger partial charge in [-0.2, -0.15) is 5.10 Å². The summed E-state index contributed by atoms with van der Waals surface area (Å²) >= 11 is 0. The summed E-state index contributed by atoms with van der Waals surface area (Å²) in [5.74, 6) is -0.283. The fraction of sp³-hybridized carbons (Fsp3) is 0.417. The number of aliphatic hydroxyl groups is 2. The van der Waals surface area contributed by atoms with E-state index in [0.717, 1.165) is 10.9 Å². The Bertz CT molecular complexity index is 1100. The summed E-state index contributed by atoms with van der Waals surface area (Å²) in [5.41, 5.74) is 3.63. The maximum absolute atomic E-state index is 13.5. The number of nitrogens with zero attached hydrogens (tertiary/aromatic N) is 2. The smallest absolute Gasteiger partial charge is 0.200 e. The first-order chi connectivity index (χ1) is 16.2. The van der Waals surface area contributed by atoms with Crippen molar-refractivity contribution in [2.45, 2.75) is 20.4 Å². The molecule has 0 fully saturated rings. The van der Waals surface area contributed by atoms with Crippen molar-refractivity contribution in [3.63, 3.8) is 0 Å². The quantitative estimate of drug-likeness (QED) is 0.188. The molecule has 0 saturated carbocycles. The average Bonchev–Trinajstić information content (AvgIpc) is 3.20. The van der Waals surface area contributed by atoms with E-state index in [-0.39, 0.29) is 30.3 Å². The van der Waals surface area contributed by atoms with Crippen molar-refractivity contribution >= 4 is 22.4 Å². The molecule has 1 aliphatic carbocycles. The van der Waals surface area contributed by atoms with E-state index in [1.54, 1.807) is 6.07 Å². The van der Waals surface area contributed by atoms with Crippen molar-refractivity contribution in [1.82, 2.24) is 20.4 Å². The summed E-state index contributed by atoms with van der Waals surface area (Å²) in [5, 5.41) is 43.4. The van der Waals surface area contributed by atoms with Gasteiger partial charge >= 0.3 is 0 Å². The van der Waals surface area contributed by atoms with Gasteiger partial charge in [0.25, 0.3) is 0 Å². The number of ketones is 1. The predicted octanol–water partition coefficient (Wildman–Crippen LogP) is 1.56. The van der Waals surface area contributed by atoms with Crippen LogP contribution in [0.15, 0.2) is 30.3 Å². The van der Waals surface area contributed by atoms with Crippen LogP contribution in [0.2, 0.25) is 0 Å². The Hall–Kier alpha value is -2.98. The normalized spacial score (nSPS) is 11.8. The number of fused-ring (bicyclic) bond motifs is 2. The van der Waals surface area contributed by atoms with E-state index in [1.165, 1.54) is 6.07 Å². The third-order valence-corrected chi connectivity index (χ3v) is 5.37. The lowest BCUT2D eigenvalue weighted by Crippen LogP contribution is -2.25. The molecule has 0 spiro atoms. The Kier molecular flexibility index (Phi) is 8.79. The Morgan fingerprint density at radius 3 is 2.36 bits per heavy atom. The first-order valence-electron chi connectivity index (χ1n) is 11.4. The standard InChI is InChI=1S/C22H27N5O4.C2H6/c28-12-9-23-6-7-25-15-4-5-16-20-19(15)22(31)18-14(2-1-3-17(18)30)21(20)26-27(16)11-8-24-10-13-29;1-2/h1-5,23-25,28-30H,6-13H2;1-2H3. The molecular weight excluding hydrogens is 422 g/mol. The van der Waals surface area contributed by atoms with Crippen molar-refractivity contribution in [1.29, 1.82) is 0 Å². The lowest BCUT2D eigenvalue weighted by atomic mass is 9.86. The molecule has 6 N–H and O–H groups in total. The number of aromatic hydroxyl groups is 1. The van der Waals surface area contributed by atoms with Crippen LogP contribution in [0.1, 0.15) is 29.8 Å². The second-order valence-corrected chi connectivity index (χ2v) is 7.36. The summed E-state index contributed by atoms with van der Waals surface area (Å²) in [4.78, 5) is 13.5. The predicted molar refractivity (Wildman–Crippen MR) is 130 cm³/mol. The van der Waals surface area contributed by atoms with Gasteiger partial charge in [0, 0.05) is 49.4 Å². The first-order valence-corrected chi connectivity index (χ1v) is 11.4. The number of benzene rings is 2. The second-order valence-electron chi connectivity index (χ2n) is 7.36. The lowest BCUT2D eigenvalue weighted by molar-refractivity contribution is 0.103. The van der Waals surface area contributed by atoms with Crippen molar-refractivity contribution in [3.05, 3.63) is 41.5 Å². The molecule has 178 valence electrons. The monoisotopic (exact) mass is 455 g/mol. The van der Waals surface area contributed by atoms with E-state index in [1.807, 2.05) is 36.7 Å². The lowest BCUT2D eigenvalue weighted by Gasteiger charge is -2.19. The minimum absolute atomic E-state index is 0.0557. The number of phenols is 1. The number of hydrogen-bond acceptors (Lipinski definition) is 8. The summed E-state index contributed by atoms with van der Waals surface area (Å²) < 4.78 is 1.86. The summed E-state index contributed by atoms with van der Waals surface area (Å²) in [6.45, 7) is 7.57. The third-order valence-electron chi connectivity index (χ3n) is 5.37. The Balaban J connectivity index is 0.00000149. The van der Waals surface area contributed by atoms with Gasteiger partial charge in [0.1, 0.15) is 11.4 Å². The molecule has 0 unspecified atom stereocenters. The van der Waals surface area contributed by atoms with Crippen LogP contribution in [0.25, 0.3) is 22.2 Å². The number of hydrogen-bond donors (Lipinski definition) is 6. The minimum atomic E-state index is -0.227. The van der Waals surface area contributed by atoms with E-state index in [2.05, 4.69) is 16.0 Å². The zero-order valence-corrected chi connectivity index (χ0v) is 19.2. The molecule has 0 aliphatic heterocycles. The van der Waals surface area contributed by atoms with Crippen LogP contribution in [0.3, 0.4) is 0 Å². The van der Waals surface area contributed by atoms with Crippen LogP contribution in [0, 0.1) is 0 Å². The Morgan fingerprint density at radius 2 is 1.64 bits per heavy atom. The van der Waals surface area contributed by atoms with Crippen LogP contribution >= 0.6 is 0 Å². The van der Waals surface area contributed by atoms with Gasteiger partial charge in [0.05, 0.1) is 36.4 Å². The van der Waals surface area contributed by atoms with Gasteiger partial charge < -0.3 is 31.3 Å². The van der Waals surface area contributed by atoms with Gasteiger partial charge in [-0.15, -0.1) is 0 Å². The van der Waals surface area contributed by atoms with Crippen LogP contribution in [-0.2, 0) is 6.54 Å². The highest BCUT2D eigenvalue weighted by molar-refractivity contribution is 6.28. The van der Waals surface area contributed by atoms with Crippen LogP contribution in [-0.4, -0.2) is 76.8 Å². The van der Waals surface area contributed by atoms with Gasteiger partial charge in [-0.1, -0.05) is 26.0 Å². The molecule has 1 aliphatic rings. The Labute approximate surface area is 193 Å². The maximum atomic E-state index is 13.5. The van der Waals surface area contributed by atoms with Crippen LogP contribution in [0.4, 0.5) is 5.69 Å². The maximum Gasteiger partial charge on any atom is 0.200 e. The van der Waals surface area contributed by atoms with Gasteiger partial charge in [-0.25, -0.2) is 0 Å². The number of carbonyl (C=O) groups excluding carboxylic acids is 1. The van der Waals surface area contributed by atoms with Gasteiger partial charge in [-0.05, 0) is 18.2 Å². The molecule has 0 radical (unpaired) electrons. The number of anilines is 1. The fourth-order valence-electron chi connectivity index (χ4n) is 3.99. The molecule has 0 amide bonds. The molecule has 9 heteroatoms. The molecule has 2 aromatic carbocycles. The summed E-state index contributed by atoms with van der Waals surface area (Å²) in [6, 6.07) is 8.87. The number of aliphatic hydroxyl groups excluding tert-OH is 2. The van der Waals surface area contributed by atoms with Gasteiger partial charge in [0.15, 0.2) is 5.78 Å². The topological polar surface area (TPSA) is 132 Å². The molecule has 4 rings (SSSR count). The first kappa shape index (κ1) is 24.7. The van der Waals surface area contributed by atoms with E-state index >= 15 is 0 Å². The SMILES string of the molecule is CC.O=C1c2c(O)cccc2-c2nn(CCNCCO)c3ccc(NCCNCCO)c1c23. The Morgan fingerprint density at radius 1 is 0.909 bits per heavy atom. The molecule has 33 heavy (non-hydrogen) atoms. The van der Waals surface area contributed by atoms with E-state index in [4.69, 9.17) is 15.3 Å². The molecule has 0 atom stereocenters. The van der Waals surface area contributed by atoms with Crippen molar-refractivity contribution in [3.8, 4) is 17.0 Å². The number of aromatic nitrogens is 2. The molecule has 9 nitrogen and oxygen atoms in total.